The van der Waals surface area contributed by atoms with Crippen LogP contribution < -0.4 is 23.8 Å². The van der Waals surface area contributed by atoms with Gasteiger partial charge in [0, 0.05) is 48.1 Å². The molecule has 0 spiro atoms. The summed E-state index contributed by atoms with van der Waals surface area (Å²) >= 11 is 0. The van der Waals surface area contributed by atoms with Crippen LogP contribution in [-0.4, -0.2) is 44.7 Å². The van der Waals surface area contributed by atoms with Gasteiger partial charge in [-0.2, -0.15) is 0 Å². The number of pyridine rings is 2. The van der Waals surface area contributed by atoms with Crippen molar-refractivity contribution in [3.8, 4) is 23.0 Å². The number of benzene rings is 2. The fourth-order valence-electron chi connectivity index (χ4n) is 4.10. The van der Waals surface area contributed by atoms with E-state index < -0.39 is 0 Å². The van der Waals surface area contributed by atoms with Crippen molar-refractivity contribution in [2.24, 2.45) is 0 Å². The highest BCUT2D eigenvalue weighted by atomic mass is 16.5. The lowest BCUT2D eigenvalue weighted by atomic mass is 10.1. The molecule has 0 radical (unpaired) electrons. The minimum atomic E-state index is 0.478. The third-order valence-corrected chi connectivity index (χ3v) is 6.01. The lowest BCUT2D eigenvalue weighted by molar-refractivity contribution is 0.112. The zero-order valence-electron chi connectivity index (χ0n) is 21.1. The van der Waals surface area contributed by atoms with Gasteiger partial charge in [-0.3, -0.25) is 9.78 Å². The second kappa shape index (κ2) is 10.9. The Bertz CT molecular complexity index is 1330. The molecule has 0 N–H and O–H groups in total. The number of carbonyl (C=O) groups excluding carboxylic acids is 1. The standard InChI is InChI=1S/C28H29N3O5/c1-18-10-27(30-24-11-19(17-32)14-29-28(18)24)31(15-20-6-8-22(33-2)12-25(20)35-4)16-21-7-9-23(34-3)13-26(21)36-5/h6-14,17H,15-16H2,1-5H3. The number of ether oxygens (including phenoxy) is 4. The van der Waals surface area contributed by atoms with Crippen LogP contribution in [-0.2, 0) is 13.1 Å². The van der Waals surface area contributed by atoms with Crippen molar-refractivity contribution in [1.82, 2.24) is 9.97 Å². The maximum absolute atomic E-state index is 11.4. The van der Waals surface area contributed by atoms with Gasteiger partial charge in [-0.25, -0.2) is 4.98 Å². The molecule has 0 amide bonds. The monoisotopic (exact) mass is 487 g/mol. The Morgan fingerprint density at radius 1 is 0.806 bits per heavy atom. The van der Waals surface area contributed by atoms with Crippen molar-refractivity contribution in [1.29, 1.82) is 0 Å². The Balaban J connectivity index is 1.82. The van der Waals surface area contributed by atoms with Crippen LogP contribution in [0, 0.1) is 6.92 Å². The first kappa shape index (κ1) is 24.8. The predicted octanol–water partition coefficient (Wildman–Crippen LogP) is 4.99. The van der Waals surface area contributed by atoms with Crippen LogP contribution in [0.5, 0.6) is 23.0 Å². The van der Waals surface area contributed by atoms with Crippen molar-refractivity contribution in [3.05, 3.63) is 77.0 Å². The van der Waals surface area contributed by atoms with Crippen molar-refractivity contribution in [2.45, 2.75) is 20.0 Å². The Morgan fingerprint density at radius 3 is 1.89 bits per heavy atom. The summed E-state index contributed by atoms with van der Waals surface area (Å²) in [5, 5.41) is 0. The minimum Gasteiger partial charge on any atom is -0.497 e. The molecule has 4 aromatic rings. The summed E-state index contributed by atoms with van der Waals surface area (Å²) in [6, 6.07) is 15.3. The first-order valence-electron chi connectivity index (χ1n) is 11.4. The maximum atomic E-state index is 11.4. The summed E-state index contributed by atoms with van der Waals surface area (Å²) in [6.45, 7) is 2.99. The number of aromatic nitrogens is 2. The number of anilines is 1. The SMILES string of the molecule is COc1ccc(CN(Cc2ccc(OC)cc2OC)c2cc(C)c3ncc(C=O)cc3n2)c(OC)c1. The predicted molar refractivity (Wildman–Crippen MR) is 139 cm³/mol. The molecule has 0 fully saturated rings. The van der Waals surface area contributed by atoms with Crippen molar-refractivity contribution in [3.63, 3.8) is 0 Å². The molecule has 8 nitrogen and oxygen atoms in total. The molecule has 4 rings (SSSR count). The maximum Gasteiger partial charge on any atom is 0.151 e. The summed E-state index contributed by atoms with van der Waals surface area (Å²) < 4.78 is 22.0. The van der Waals surface area contributed by atoms with E-state index in [0.29, 0.717) is 47.2 Å². The number of methoxy groups -OCH3 is 4. The smallest absolute Gasteiger partial charge is 0.151 e. The average molecular weight is 488 g/mol. The van der Waals surface area contributed by atoms with E-state index in [1.165, 1.54) is 0 Å². The second-order valence-corrected chi connectivity index (χ2v) is 8.26. The summed E-state index contributed by atoms with van der Waals surface area (Å²) in [7, 11) is 6.53. The molecule has 0 aliphatic carbocycles. The fraction of sp³-hybridized carbons (Fsp3) is 0.250. The zero-order valence-corrected chi connectivity index (χ0v) is 21.1. The third-order valence-electron chi connectivity index (χ3n) is 6.01. The van der Waals surface area contributed by atoms with E-state index in [2.05, 4.69) is 9.88 Å². The number of nitrogens with zero attached hydrogens (tertiary/aromatic N) is 3. The normalized spacial score (nSPS) is 10.7. The molecule has 0 bridgehead atoms. The molecular weight excluding hydrogens is 458 g/mol. The number of aldehydes is 1. The fourth-order valence-corrected chi connectivity index (χ4v) is 4.10. The number of hydrogen-bond acceptors (Lipinski definition) is 8. The minimum absolute atomic E-state index is 0.478. The van der Waals surface area contributed by atoms with Crippen LogP contribution in [0.15, 0.2) is 54.7 Å². The molecular formula is C28H29N3O5. The largest absolute Gasteiger partial charge is 0.497 e. The Labute approximate surface area is 210 Å². The quantitative estimate of drug-likeness (QED) is 0.289. The van der Waals surface area contributed by atoms with Gasteiger partial charge in [0.1, 0.15) is 28.8 Å². The lowest BCUT2D eigenvalue weighted by Crippen LogP contribution is -2.24. The molecule has 2 aromatic heterocycles. The number of carbonyl (C=O) groups is 1. The molecule has 0 saturated carbocycles. The molecule has 8 heteroatoms. The molecule has 0 saturated heterocycles. The molecule has 36 heavy (non-hydrogen) atoms. The summed E-state index contributed by atoms with van der Waals surface area (Å²) in [4.78, 5) is 22.8. The van der Waals surface area contributed by atoms with Crippen LogP contribution >= 0.6 is 0 Å². The van der Waals surface area contributed by atoms with Crippen LogP contribution in [0.2, 0.25) is 0 Å². The van der Waals surface area contributed by atoms with Gasteiger partial charge in [0.25, 0.3) is 0 Å². The Hall–Kier alpha value is -4.33. The van der Waals surface area contributed by atoms with E-state index in [1.54, 1.807) is 40.7 Å². The van der Waals surface area contributed by atoms with E-state index in [-0.39, 0.29) is 0 Å². The van der Waals surface area contributed by atoms with Gasteiger partial charge in [-0.15, -0.1) is 0 Å². The molecule has 2 aromatic carbocycles. The van der Waals surface area contributed by atoms with Crippen molar-refractivity contribution < 1.29 is 23.7 Å². The third kappa shape index (κ3) is 5.17. The highest BCUT2D eigenvalue weighted by Crippen LogP contribution is 2.32. The van der Waals surface area contributed by atoms with Gasteiger partial charge in [-0.1, -0.05) is 0 Å². The Kier molecular flexibility index (Phi) is 7.53. The molecule has 186 valence electrons. The highest BCUT2D eigenvalue weighted by Gasteiger charge is 2.18. The number of aryl methyl sites for hydroxylation is 1. The second-order valence-electron chi connectivity index (χ2n) is 8.26. The molecule has 0 atom stereocenters. The van der Waals surface area contributed by atoms with E-state index >= 15 is 0 Å². The zero-order chi connectivity index (χ0) is 25.7. The van der Waals surface area contributed by atoms with E-state index in [4.69, 9.17) is 23.9 Å². The number of rotatable bonds is 10. The van der Waals surface area contributed by atoms with Crippen LogP contribution in [0.25, 0.3) is 11.0 Å². The first-order chi connectivity index (χ1) is 17.5. The summed E-state index contributed by atoms with van der Waals surface area (Å²) in [5.41, 5.74) is 4.78. The van der Waals surface area contributed by atoms with E-state index in [0.717, 1.165) is 34.3 Å². The average Bonchev–Trinajstić information content (AvgIpc) is 2.92. The highest BCUT2D eigenvalue weighted by molar-refractivity contribution is 5.86. The van der Waals surface area contributed by atoms with Gasteiger partial charge >= 0.3 is 0 Å². The molecule has 2 heterocycles. The van der Waals surface area contributed by atoms with Crippen LogP contribution in [0.3, 0.4) is 0 Å². The van der Waals surface area contributed by atoms with Gasteiger partial charge in [0.05, 0.1) is 39.5 Å². The van der Waals surface area contributed by atoms with E-state index in [9.17, 15) is 4.79 Å². The molecule has 0 aliphatic rings. The molecule has 0 aliphatic heterocycles. The van der Waals surface area contributed by atoms with Gasteiger partial charge in [0.2, 0.25) is 0 Å². The first-order valence-corrected chi connectivity index (χ1v) is 11.4. The summed E-state index contributed by atoms with van der Waals surface area (Å²) in [6.07, 6.45) is 2.34. The van der Waals surface area contributed by atoms with Crippen LogP contribution in [0.4, 0.5) is 5.82 Å². The van der Waals surface area contributed by atoms with Gasteiger partial charge in [-0.05, 0) is 48.9 Å². The summed E-state index contributed by atoms with van der Waals surface area (Å²) in [5.74, 6) is 3.59. The molecule has 0 unspecified atom stereocenters. The number of fused-ring (bicyclic) bond motifs is 1. The van der Waals surface area contributed by atoms with Gasteiger partial charge in [0.15, 0.2) is 6.29 Å². The van der Waals surface area contributed by atoms with Crippen LogP contribution in [0.1, 0.15) is 27.0 Å². The number of hydrogen-bond donors (Lipinski definition) is 0. The topological polar surface area (TPSA) is 83.0 Å². The Morgan fingerprint density at radius 2 is 1.39 bits per heavy atom. The van der Waals surface area contributed by atoms with E-state index in [1.807, 2.05) is 49.4 Å². The lowest BCUT2D eigenvalue weighted by Gasteiger charge is -2.26. The van der Waals surface area contributed by atoms with Gasteiger partial charge < -0.3 is 23.8 Å². The van der Waals surface area contributed by atoms with Crippen molar-refractivity contribution in [2.75, 3.05) is 33.3 Å². The van der Waals surface area contributed by atoms with Crippen molar-refractivity contribution >= 4 is 23.1 Å².